The molecule has 0 amide bonds. The Morgan fingerprint density at radius 2 is 0.405 bits per heavy atom. The van der Waals surface area contributed by atoms with E-state index in [0.29, 0.717) is 0 Å². The van der Waals surface area contributed by atoms with Gasteiger partial charge < -0.3 is 19.9 Å². The molecule has 10 rings (SSSR count). The van der Waals surface area contributed by atoms with Gasteiger partial charge in [0.25, 0.3) is 0 Å². The molecule has 84 heavy (non-hydrogen) atoms. The molecule has 6 aromatic rings. The number of fused-ring (bicyclic) bond motifs is 16. The van der Waals surface area contributed by atoms with Crippen LogP contribution in [0.25, 0.3) is 101 Å². The second kappa shape index (κ2) is 27.1. The fourth-order valence-electron chi connectivity index (χ4n) is 14.6. The van der Waals surface area contributed by atoms with Crippen molar-refractivity contribution < 1.29 is 34.1 Å². The van der Waals surface area contributed by atoms with Gasteiger partial charge in [0, 0.05) is 0 Å². The summed E-state index contributed by atoms with van der Waals surface area (Å²) in [6.07, 6.45) is 18.5. The third-order valence-electron chi connectivity index (χ3n) is 18.4. The Bertz CT molecular complexity index is 3550. The van der Waals surface area contributed by atoms with Crippen molar-refractivity contribution in [3.8, 4) is 0 Å². The van der Waals surface area contributed by atoms with Crippen molar-refractivity contribution in [3.05, 3.63) is 138 Å². The fourth-order valence-corrected chi connectivity index (χ4v) is 14.6. The molecule has 8 nitrogen and oxygen atoms in total. The summed E-state index contributed by atoms with van der Waals surface area (Å²) in [6.45, 7) is 36.4. The van der Waals surface area contributed by atoms with E-state index in [1.54, 1.807) is 0 Å². The Labute approximate surface area is 522 Å². The largest absolute Gasteiger partial charge is 2.00 e. The standard InChI is InChI=1S/C74H88N8.2Cu/c1-17-41-45(21-5)63-37-67-49(25-9)53(29-13)71(79-67)57(72-54(30-14)50(26-10)68(80-72)38-64-46(22-6)42(18-2)60(76-64)35-59(41)75-63)33-34-58-73-55(31-15)51(27-11)69(81-73)39-65-47(23-7)43(19-3)61(77-65)36-62-44(20-4)48(24-8)66(78-62)40-70-52(28-12)56(32-16)74(58)82-70;;/h33-40H,17-32H2,1-16H3;;/q-4;2*+2/b34-33+,59-35?,60-35?,61-36?,62-36?,63-37?,64-38?,65-39?,66-40?,67-37?,68-38?,69-39?,70-40?,71-57?,72-57?,73-58?,74-58?;;. The van der Waals surface area contributed by atoms with E-state index in [-0.39, 0.29) is 34.1 Å². The predicted octanol–water partition coefficient (Wildman–Crippen LogP) is 19.0. The molecule has 16 bridgehead atoms. The summed E-state index contributed by atoms with van der Waals surface area (Å²) in [5, 5.41) is 0. The summed E-state index contributed by atoms with van der Waals surface area (Å²) < 4.78 is 0. The minimum atomic E-state index is 0. The van der Waals surface area contributed by atoms with Crippen LogP contribution in [-0.4, -0.2) is 19.9 Å². The predicted molar refractivity (Wildman–Crippen MR) is 351 cm³/mol. The van der Waals surface area contributed by atoms with Crippen LogP contribution in [0.4, 0.5) is 0 Å². The zero-order valence-electron chi connectivity index (χ0n) is 53.1. The molecule has 0 saturated carbocycles. The van der Waals surface area contributed by atoms with Gasteiger partial charge in [-0.05, 0) is 159 Å². The minimum Gasteiger partial charge on any atom is -0.657 e. The van der Waals surface area contributed by atoms with Gasteiger partial charge in [-0.2, -0.15) is 0 Å². The maximum absolute atomic E-state index is 5.84. The molecular formula is C74H88Cu2N8. The number of nitrogens with zero attached hydrogens (tertiary/aromatic N) is 8. The zero-order valence-corrected chi connectivity index (χ0v) is 55.0. The smallest absolute Gasteiger partial charge is 0.657 e. The van der Waals surface area contributed by atoms with Gasteiger partial charge in [0.15, 0.2) is 0 Å². The van der Waals surface area contributed by atoms with E-state index in [1.807, 2.05) is 0 Å². The van der Waals surface area contributed by atoms with Crippen LogP contribution in [0.15, 0.2) is 36.4 Å². The van der Waals surface area contributed by atoms with Crippen LogP contribution in [0.3, 0.4) is 0 Å². The Morgan fingerprint density at radius 1 is 0.238 bits per heavy atom. The van der Waals surface area contributed by atoms with E-state index in [9.17, 15) is 0 Å². The van der Waals surface area contributed by atoms with Gasteiger partial charge >= 0.3 is 34.1 Å². The number of rotatable bonds is 18. The van der Waals surface area contributed by atoms with Crippen molar-refractivity contribution >= 4 is 101 Å². The normalized spacial score (nSPS) is 13.6. The van der Waals surface area contributed by atoms with E-state index < -0.39 is 0 Å². The van der Waals surface area contributed by atoms with Gasteiger partial charge in [0.1, 0.15) is 0 Å². The van der Waals surface area contributed by atoms with Gasteiger partial charge in [-0.1, -0.05) is 203 Å². The monoisotopic (exact) mass is 1210 g/mol. The van der Waals surface area contributed by atoms with Gasteiger partial charge in [0.05, 0.1) is 45.6 Å². The summed E-state index contributed by atoms with van der Waals surface area (Å²) >= 11 is 0. The van der Waals surface area contributed by atoms with Crippen LogP contribution >= 0.6 is 0 Å². The molecule has 0 unspecified atom stereocenters. The van der Waals surface area contributed by atoms with Crippen molar-refractivity contribution in [1.29, 1.82) is 0 Å². The molecule has 10 heteroatoms. The molecule has 0 N–H and O–H groups in total. The molecular weight excluding hydrogens is 1130 g/mol. The molecule has 0 atom stereocenters. The first-order chi connectivity index (χ1) is 39.9. The van der Waals surface area contributed by atoms with Gasteiger partial charge in [0.2, 0.25) is 0 Å². The fraction of sp³-hybridized carbons (Fsp3) is 0.432. The number of hydrogen-bond acceptors (Lipinski definition) is 4. The van der Waals surface area contributed by atoms with E-state index in [4.69, 9.17) is 39.9 Å². The molecule has 6 aromatic heterocycles. The van der Waals surface area contributed by atoms with Gasteiger partial charge in [-0.15, -0.1) is 44.1 Å². The van der Waals surface area contributed by atoms with Crippen molar-refractivity contribution in [1.82, 2.24) is 39.9 Å². The summed E-state index contributed by atoms with van der Waals surface area (Å²) in [7, 11) is 0. The average molecular weight is 1220 g/mol. The summed E-state index contributed by atoms with van der Waals surface area (Å²) in [5.41, 5.74) is 38.6. The molecule has 0 spiro atoms. The SMILES string of the molecule is CCC1=C(CC)c2cc3[n-]c(c(CC)c3CC)c(/C=C/c3c4[n-]c(cc5nc(cc6nc(cc7[n-]c3c(CC)c7CC)C(CC)=C6CC)C(CC)=C5CC)c(CC)c4CC)c3[n-]c(cc4nc(cc1n2)C(CC)=C4CC)c(CC)c3CC.[Cu+2].[Cu+2]. The van der Waals surface area contributed by atoms with Crippen LogP contribution in [0, 0.1) is 0 Å². The van der Waals surface area contributed by atoms with Crippen molar-refractivity contribution in [2.45, 2.75) is 214 Å². The first-order valence-electron chi connectivity index (χ1n) is 31.9. The van der Waals surface area contributed by atoms with Crippen LogP contribution in [0.5, 0.6) is 0 Å². The number of aromatic nitrogens is 8. The Hall–Kier alpha value is -6.02. The molecule has 4 aliphatic heterocycles. The first kappa shape index (κ1) is 64.0. The Kier molecular flexibility index (Phi) is 20.7. The third-order valence-corrected chi connectivity index (χ3v) is 18.4. The van der Waals surface area contributed by atoms with Crippen molar-refractivity contribution in [2.24, 2.45) is 0 Å². The van der Waals surface area contributed by atoms with E-state index in [1.165, 1.54) is 89.1 Å². The van der Waals surface area contributed by atoms with Crippen molar-refractivity contribution in [3.63, 3.8) is 0 Å². The maximum atomic E-state index is 5.84. The minimum absolute atomic E-state index is 0. The third kappa shape index (κ3) is 10.8. The van der Waals surface area contributed by atoms with E-state index in [2.05, 4.69) is 159 Å². The molecule has 10 heterocycles. The molecule has 4 aliphatic rings. The van der Waals surface area contributed by atoms with E-state index in [0.717, 1.165) is 204 Å². The van der Waals surface area contributed by atoms with Crippen LogP contribution in [0.1, 0.15) is 263 Å². The summed E-state index contributed by atoms with van der Waals surface area (Å²) in [4.78, 5) is 45.4. The quantitative estimate of drug-likeness (QED) is 0.0783. The van der Waals surface area contributed by atoms with Crippen molar-refractivity contribution in [2.75, 3.05) is 0 Å². The summed E-state index contributed by atoms with van der Waals surface area (Å²) in [6, 6.07) is 13.7. The average Bonchev–Trinajstić information content (AvgIpc) is 3.46. The first-order valence-corrected chi connectivity index (χ1v) is 31.9. The topological polar surface area (TPSA) is 108 Å². The maximum Gasteiger partial charge on any atom is 2.00 e. The van der Waals surface area contributed by atoms with Crippen LogP contribution in [0.2, 0.25) is 0 Å². The molecule has 0 saturated heterocycles. The van der Waals surface area contributed by atoms with Crippen LogP contribution < -0.4 is 19.9 Å². The van der Waals surface area contributed by atoms with Crippen LogP contribution in [-0.2, 0) is 85.5 Å². The Balaban J connectivity index is 0.00000460. The molecule has 0 fully saturated rings. The molecule has 2 radical (unpaired) electrons. The van der Waals surface area contributed by atoms with Gasteiger partial charge in [-0.25, -0.2) is 19.9 Å². The number of hydrogen-bond donors (Lipinski definition) is 0. The summed E-state index contributed by atoms with van der Waals surface area (Å²) in [5.74, 6) is 0. The second-order valence-corrected chi connectivity index (χ2v) is 22.3. The molecule has 0 aliphatic carbocycles. The molecule has 446 valence electrons. The molecule has 0 aromatic carbocycles. The Morgan fingerprint density at radius 3 is 0.560 bits per heavy atom. The number of aryl methyl sites for hydroxylation is 8. The van der Waals surface area contributed by atoms with E-state index >= 15 is 0 Å². The second-order valence-electron chi connectivity index (χ2n) is 22.3. The van der Waals surface area contributed by atoms with Gasteiger partial charge in [-0.3, -0.25) is 0 Å². The zero-order chi connectivity index (χ0) is 58.3. The number of allylic oxidation sites excluding steroid dienone is 8.